The van der Waals surface area contributed by atoms with Gasteiger partial charge in [0, 0.05) is 39.1 Å². The van der Waals surface area contributed by atoms with E-state index in [4.69, 9.17) is 15.1 Å². The zero-order chi connectivity index (χ0) is 14.5. The molecule has 0 aromatic rings. The Morgan fingerprint density at radius 2 is 1.85 bits per heavy atom. The Bertz CT molecular complexity index is 412. The minimum atomic E-state index is -0.998. The summed E-state index contributed by atoms with van der Waals surface area (Å²) in [5.41, 5.74) is 0. The zero-order valence-electron chi connectivity index (χ0n) is 11.3. The van der Waals surface area contributed by atoms with Crippen LogP contribution in [0.15, 0.2) is 0 Å². The van der Waals surface area contributed by atoms with Gasteiger partial charge in [0.15, 0.2) is 6.10 Å². The summed E-state index contributed by atoms with van der Waals surface area (Å²) in [6.07, 6.45) is -0.0826. The highest BCUT2D eigenvalue weighted by Crippen LogP contribution is 2.22. The molecule has 2 rings (SSSR count). The molecule has 0 aliphatic carbocycles. The molecule has 110 valence electrons. The van der Waals surface area contributed by atoms with Gasteiger partial charge in [-0.25, -0.2) is 4.79 Å². The molecule has 2 heterocycles. The molecule has 0 aromatic heterocycles. The fraction of sp³-hybridized carbons (Fsp3) is 0.769. The maximum Gasteiger partial charge on any atom is 0.332 e. The number of amides is 1. The monoisotopic (exact) mass is 281 g/mol. The highest BCUT2D eigenvalue weighted by atomic mass is 16.5. The molecule has 2 aliphatic heterocycles. The molecule has 2 fully saturated rings. The first-order valence-corrected chi connectivity index (χ1v) is 6.88. The number of hydrogen-bond acceptors (Lipinski definition) is 5. The topological polar surface area (TPSA) is 93.9 Å². The van der Waals surface area contributed by atoms with E-state index in [1.165, 1.54) is 0 Å². The summed E-state index contributed by atoms with van der Waals surface area (Å²) in [6.45, 7) is 3.47. The van der Waals surface area contributed by atoms with Crippen molar-refractivity contribution in [1.82, 2.24) is 9.80 Å². The Kier molecular flexibility index (Phi) is 4.93. The third kappa shape index (κ3) is 3.46. The highest BCUT2D eigenvalue weighted by molar-refractivity contribution is 5.82. The van der Waals surface area contributed by atoms with Crippen LogP contribution in [0.2, 0.25) is 0 Å². The summed E-state index contributed by atoms with van der Waals surface area (Å²) in [4.78, 5) is 26.9. The van der Waals surface area contributed by atoms with Gasteiger partial charge < -0.3 is 14.7 Å². The molecule has 20 heavy (non-hydrogen) atoms. The first-order valence-electron chi connectivity index (χ1n) is 6.88. The summed E-state index contributed by atoms with van der Waals surface area (Å²) >= 11 is 0. The highest BCUT2D eigenvalue weighted by Gasteiger charge is 2.37. The van der Waals surface area contributed by atoms with E-state index in [1.807, 2.05) is 0 Å². The van der Waals surface area contributed by atoms with Gasteiger partial charge in [0.1, 0.15) is 6.10 Å². The van der Waals surface area contributed by atoms with Crippen molar-refractivity contribution >= 4 is 11.9 Å². The summed E-state index contributed by atoms with van der Waals surface area (Å²) < 4.78 is 5.28. The predicted molar refractivity (Wildman–Crippen MR) is 68.8 cm³/mol. The van der Waals surface area contributed by atoms with E-state index in [1.54, 1.807) is 4.90 Å². The van der Waals surface area contributed by atoms with E-state index in [0.717, 1.165) is 19.6 Å². The molecule has 2 aliphatic rings. The molecular formula is C13H19N3O4. The van der Waals surface area contributed by atoms with E-state index in [-0.39, 0.29) is 5.91 Å². The number of carboxylic acids is 1. The van der Waals surface area contributed by atoms with Gasteiger partial charge in [0.25, 0.3) is 5.91 Å². The molecule has 0 radical (unpaired) electrons. The van der Waals surface area contributed by atoms with E-state index in [9.17, 15) is 9.59 Å². The van der Waals surface area contributed by atoms with Crippen LogP contribution in [0.3, 0.4) is 0 Å². The second-order valence-electron chi connectivity index (χ2n) is 5.10. The predicted octanol–water partition coefficient (Wildman–Crippen LogP) is -0.324. The van der Waals surface area contributed by atoms with Gasteiger partial charge in [-0.2, -0.15) is 5.26 Å². The molecule has 0 unspecified atom stereocenters. The number of carbonyl (C=O) groups excluding carboxylic acids is 1. The number of aliphatic carboxylic acids is 1. The third-order valence-corrected chi connectivity index (χ3v) is 3.79. The van der Waals surface area contributed by atoms with Crippen molar-refractivity contribution in [2.24, 2.45) is 0 Å². The Morgan fingerprint density at radius 3 is 2.40 bits per heavy atom. The van der Waals surface area contributed by atoms with Gasteiger partial charge in [-0.05, 0) is 12.8 Å². The van der Waals surface area contributed by atoms with Crippen LogP contribution in [0.4, 0.5) is 0 Å². The Labute approximate surface area is 117 Å². The number of nitriles is 1. The average Bonchev–Trinajstić information content (AvgIpc) is 2.95. The van der Waals surface area contributed by atoms with E-state index < -0.39 is 18.2 Å². The van der Waals surface area contributed by atoms with Gasteiger partial charge >= 0.3 is 5.97 Å². The zero-order valence-corrected chi connectivity index (χ0v) is 11.3. The van der Waals surface area contributed by atoms with Crippen LogP contribution in [0.1, 0.15) is 19.3 Å². The average molecular weight is 281 g/mol. The van der Waals surface area contributed by atoms with Crippen molar-refractivity contribution in [3.05, 3.63) is 0 Å². The van der Waals surface area contributed by atoms with Gasteiger partial charge in [0.2, 0.25) is 0 Å². The summed E-state index contributed by atoms with van der Waals surface area (Å²) in [5.74, 6) is -1.10. The van der Waals surface area contributed by atoms with Crippen molar-refractivity contribution < 1.29 is 19.4 Å². The molecule has 2 atom stereocenters. The van der Waals surface area contributed by atoms with Crippen LogP contribution in [-0.2, 0) is 14.3 Å². The van der Waals surface area contributed by atoms with Crippen molar-refractivity contribution in [1.29, 1.82) is 5.26 Å². The number of carboxylic acid groups (broad SMARTS) is 1. The number of hydrogen-bond donors (Lipinski definition) is 1. The normalized spacial score (nSPS) is 27.2. The lowest BCUT2D eigenvalue weighted by molar-refractivity contribution is -0.155. The molecule has 0 bridgehead atoms. The third-order valence-electron chi connectivity index (χ3n) is 3.79. The number of ether oxygens (including phenoxy) is 1. The molecule has 2 saturated heterocycles. The van der Waals surface area contributed by atoms with Gasteiger partial charge in [-0.15, -0.1) is 0 Å². The lowest BCUT2D eigenvalue weighted by Crippen LogP contribution is -2.51. The second-order valence-corrected chi connectivity index (χ2v) is 5.10. The number of carbonyl (C=O) groups is 2. The van der Waals surface area contributed by atoms with E-state index in [2.05, 4.69) is 11.0 Å². The summed E-state index contributed by atoms with van der Waals surface area (Å²) in [6, 6.07) is 2.11. The Balaban J connectivity index is 1.78. The van der Waals surface area contributed by atoms with Crippen molar-refractivity contribution in [3.63, 3.8) is 0 Å². The van der Waals surface area contributed by atoms with Crippen LogP contribution in [0.25, 0.3) is 0 Å². The van der Waals surface area contributed by atoms with Crippen molar-refractivity contribution in [2.75, 3.05) is 32.7 Å². The van der Waals surface area contributed by atoms with E-state index >= 15 is 0 Å². The largest absolute Gasteiger partial charge is 0.479 e. The Morgan fingerprint density at radius 1 is 1.20 bits per heavy atom. The maximum absolute atomic E-state index is 12.2. The van der Waals surface area contributed by atoms with Crippen LogP contribution in [-0.4, -0.2) is 71.7 Å². The smallest absolute Gasteiger partial charge is 0.332 e. The standard InChI is InChI=1S/C13H19N3O4/c14-4-1-5-15-6-8-16(9-7-15)12(17)10-2-3-11(20-10)13(18)19/h10-11H,1-3,5-9H2,(H,18,19)/t10-,11+/m0/s1. The van der Waals surface area contributed by atoms with Crippen molar-refractivity contribution in [2.45, 2.75) is 31.5 Å². The summed E-state index contributed by atoms with van der Waals surface area (Å²) in [7, 11) is 0. The fourth-order valence-electron chi connectivity index (χ4n) is 2.60. The number of piperazine rings is 1. The molecule has 1 amide bonds. The van der Waals surface area contributed by atoms with Gasteiger partial charge in [0.05, 0.1) is 6.07 Å². The molecule has 0 aromatic carbocycles. The van der Waals surface area contributed by atoms with Crippen LogP contribution >= 0.6 is 0 Å². The molecule has 0 spiro atoms. The SMILES string of the molecule is N#CCCN1CCN(C(=O)[C@@H]2CC[C@H](C(=O)O)O2)CC1. The molecule has 7 nitrogen and oxygen atoms in total. The van der Waals surface area contributed by atoms with Gasteiger partial charge in [-0.3, -0.25) is 9.69 Å². The molecular weight excluding hydrogens is 262 g/mol. The van der Waals surface area contributed by atoms with E-state index in [0.29, 0.717) is 32.4 Å². The Hall–Kier alpha value is -1.65. The van der Waals surface area contributed by atoms with Crippen LogP contribution < -0.4 is 0 Å². The van der Waals surface area contributed by atoms with Crippen molar-refractivity contribution in [3.8, 4) is 6.07 Å². The minimum Gasteiger partial charge on any atom is -0.479 e. The first kappa shape index (κ1) is 14.8. The lowest BCUT2D eigenvalue weighted by atomic mass is 10.1. The molecule has 7 heteroatoms. The van der Waals surface area contributed by atoms with Gasteiger partial charge in [-0.1, -0.05) is 0 Å². The van der Waals surface area contributed by atoms with Crippen LogP contribution in [0.5, 0.6) is 0 Å². The van der Waals surface area contributed by atoms with Crippen LogP contribution in [0, 0.1) is 11.3 Å². The fourth-order valence-corrected chi connectivity index (χ4v) is 2.60. The number of rotatable bonds is 4. The summed E-state index contributed by atoms with van der Waals surface area (Å²) in [5, 5.41) is 17.4. The quantitative estimate of drug-likeness (QED) is 0.759. The maximum atomic E-state index is 12.2. The minimum absolute atomic E-state index is 0.103. The lowest BCUT2D eigenvalue weighted by Gasteiger charge is -2.35. The first-order chi connectivity index (χ1) is 9.61. The molecule has 0 saturated carbocycles. The number of nitrogens with zero attached hydrogens (tertiary/aromatic N) is 3. The molecule has 1 N–H and O–H groups in total. The second kappa shape index (κ2) is 6.68.